The summed E-state index contributed by atoms with van der Waals surface area (Å²) in [7, 11) is 0. The maximum atomic E-state index is 13.7. The van der Waals surface area contributed by atoms with E-state index in [1.807, 2.05) is 30.3 Å². The fraction of sp³-hybridized carbons (Fsp3) is 0.174. The molecule has 31 heavy (non-hydrogen) atoms. The first-order chi connectivity index (χ1) is 14.9. The number of nitrogens with zero attached hydrogens (tertiary/aromatic N) is 2. The highest BCUT2D eigenvalue weighted by molar-refractivity contribution is 5.96. The number of anilines is 1. The molecule has 0 spiro atoms. The molecule has 0 bridgehead atoms. The van der Waals surface area contributed by atoms with Crippen molar-refractivity contribution < 1.29 is 24.2 Å². The quantitative estimate of drug-likeness (QED) is 0.554. The van der Waals surface area contributed by atoms with Crippen LogP contribution < -0.4 is 10.2 Å². The number of hydrogen-bond acceptors (Lipinski definition) is 5. The highest BCUT2D eigenvalue weighted by Crippen LogP contribution is 2.31. The van der Waals surface area contributed by atoms with Gasteiger partial charge in [-0.15, -0.1) is 0 Å². The second-order valence-corrected chi connectivity index (χ2v) is 6.80. The van der Waals surface area contributed by atoms with Gasteiger partial charge in [0, 0.05) is 43.7 Å². The zero-order chi connectivity index (χ0) is 22.2. The van der Waals surface area contributed by atoms with Crippen LogP contribution >= 0.6 is 0 Å². The summed E-state index contributed by atoms with van der Waals surface area (Å²) in [6.45, 7) is 3.80. The van der Waals surface area contributed by atoms with Gasteiger partial charge in [-0.25, -0.2) is 19.0 Å². The third-order valence-electron chi connectivity index (χ3n) is 4.65. The molecule has 2 aromatic carbocycles. The Labute approximate surface area is 178 Å². The average Bonchev–Trinajstić information content (AvgIpc) is 2.78. The molecule has 0 saturated carbocycles. The maximum Gasteiger partial charge on any atom is 0.328 e. The number of aliphatic carboxylic acids is 2. The van der Waals surface area contributed by atoms with Crippen molar-refractivity contribution in [2.75, 3.05) is 31.1 Å². The van der Waals surface area contributed by atoms with Crippen LogP contribution in [0.2, 0.25) is 0 Å². The summed E-state index contributed by atoms with van der Waals surface area (Å²) in [6, 6.07) is 16.9. The van der Waals surface area contributed by atoms with E-state index in [1.54, 1.807) is 12.1 Å². The minimum atomic E-state index is -1.26. The predicted molar refractivity (Wildman–Crippen MR) is 117 cm³/mol. The van der Waals surface area contributed by atoms with Gasteiger partial charge >= 0.3 is 11.9 Å². The van der Waals surface area contributed by atoms with Crippen LogP contribution in [-0.2, 0) is 9.59 Å². The number of nitrogens with one attached hydrogen (secondary N) is 1. The largest absolute Gasteiger partial charge is 0.478 e. The molecule has 160 valence electrons. The highest BCUT2D eigenvalue weighted by Gasteiger charge is 2.15. The van der Waals surface area contributed by atoms with E-state index in [0.717, 1.165) is 54.0 Å². The summed E-state index contributed by atoms with van der Waals surface area (Å²) in [5.41, 5.74) is 2.87. The predicted octanol–water partition coefficient (Wildman–Crippen LogP) is 3.16. The third kappa shape index (κ3) is 6.10. The van der Waals surface area contributed by atoms with E-state index < -0.39 is 11.9 Å². The monoisotopic (exact) mass is 423 g/mol. The standard InChI is InChI=1S/C19H18FN3.C4H4O4/c20-15-5-3-4-14(12-15)17-13-19(23-10-8-21-9-11-23)22-18-7-2-1-6-16(17)18;5-3(6)1-2-4(7)8/h1-7,12-13,21H,8-11H2;1-2H,(H,5,6)(H,7,8). The molecule has 1 aliphatic heterocycles. The average molecular weight is 423 g/mol. The number of benzene rings is 2. The number of para-hydroxylation sites is 1. The van der Waals surface area contributed by atoms with Crippen molar-refractivity contribution >= 4 is 28.7 Å². The topological polar surface area (TPSA) is 103 Å². The van der Waals surface area contributed by atoms with Gasteiger partial charge < -0.3 is 20.4 Å². The van der Waals surface area contributed by atoms with E-state index in [0.29, 0.717) is 12.2 Å². The van der Waals surface area contributed by atoms with Crippen molar-refractivity contribution in [2.24, 2.45) is 0 Å². The smallest absolute Gasteiger partial charge is 0.328 e. The molecule has 7 nitrogen and oxygen atoms in total. The molecular formula is C23H22FN3O4. The van der Waals surface area contributed by atoms with Crippen LogP contribution in [0.3, 0.4) is 0 Å². The molecular weight excluding hydrogens is 401 g/mol. The van der Waals surface area contributed by atoms with Crippen LogP contribution in [0, 0.1) is 5.82 Å². The lowest BCUT2D eigenvalue weighted by Crippen LogP contribution is -2.43. The van der Waals surface area contributed by atoms with Gasteiger partial charge in [-0.1, -0.05) is 30.3 Å². The fourth-order valence-corrected chi connectivity index (χ4v) is 3.25. The lowest BCUT2D eigenvalue weighted by Gasteiger charge is -2.29. The Morgan fingerprint density at radius 1 is 0.968 bits per heavy atom. The van der Waals surface area contributed by atoms with E-state index in [1.165, 1.54) is 6.07 Å². The van der Waals surface area contributed by atoms with Gasteiger partial charge in [0.15, 0.2) is 0 Å². The summed E-state index contributed by atoms with van der Waals surface area (Å²) in [4.78, 5) is 26.2. The van der Waals surface area contributed by atoms with Gasteiger partial charge in [0.25, 0.3) is 0 Å². The highest BCUT2D eigenvalue weighted by atomic mass is 19.1. The van der Waals surface area contributed by atoms with Gasteiger partial charge in [-0.3, -0.25) is 0 Å². The minimum absolute atomic E-state index is 0.216. The van der Waals surface area contributed by atoms with E-state index in [2.05, 4.69) is 16.3 Å². The zero-order valence-corrected chi connectivity index (χ0v) is 16.7. The van der Waals surface area contributed by atoms with Crippen LogP contribution in [0.5, 0.6) is 0 Å². The number of carboxylic acid groups (broad SMARTS) is 2. The Bertz CT molecular complexity index is 1090. The van der Waals surface area contributed by atoms with Crippen LogP contribution in [0.25, 0.3) is 22.0 Å². The Morgan fingerprint density at radius 2 is 1.65 bits per heavy atom. The van der Waals surface area contributed by atoms with E-state index in [-0.39, 0.29) is 5.82 Å². The molecule has 0 unspecified atom stereocenters. The van der Waals surface area contributed by atoms with Crippen molar-refractivity contribution in [3.63, 3.8) is 0 Å². The zero-order valence-electron chi connectivity index (χ0n) is 16.7. The second kappa shape index (κ2) is 10.3. The number of carboxylic acids is 2. The maximum absolute atomic E-state index is 13.7. The van der Waals surface area contributed by atoms with Gasteiger partial charge in [0.2, 0.25) is 0 Å². The van der Waals surface area contributed by atoms with Crippen molar-refractivity contribution in [1.29, 1.82) is 0 Å². The first-order valence-electron chi connectivity index (χ1n) is 9.69. The van der Waals surface area contributed by atoms with Crippen molar-refractivity contribution in [1.82, 2.24) is 10.3 Å². The van der Waals surface area contributed by atoms with Gasteiger partial charge in [-0.05, 0) is 35.4 Å². The molecule has 3 N–H and O–H groups in total. The third-order valence-corrected chi connectivity index (χ3v) is 4.65. The number of hydrogen-bond donors (Lipinski definition) is 3. The Kier molecular flexibility index (Phi) is 7.29. The fourth-order valence-electron chi connectivity index (χ4n) is 3.25. The number of aromatic nitrogens is 1. The molecule has 8 heteroatoms. The second-order valence-electron chi connectivity index (χ2n) is 6.80. The molecule has 0 radical (unpaired) electrons. The molecule has 0 amide bonds. The lowest BCUT2D eigenvalue weighted by molar-refractivity contribution is -0.134. The summed E-state index contributed by atoms with van der Waals surface area (Å²) < 4.78 is 13.7. The number of carbonyl (C=O) groups is 2. The normalized spacial score (nSPS) is 13.6. The van der Waals surface area contributed by atoms with Gasteiger partial charge in [-0.2, -0.15) is 0 Å². The summed E-state index contributed by atoms with van der Waals surface area (Å²) >= 11 is 0. The van der Waals surface area contributed by atoms with Gasteiger partial charge in [0.1, 0.15) is 11.6 Å². The first kappa shape index (κ1) is 21.9. The van der Waals surface area contributed by atoms with Crippen LogP contribution in [0.15, 0.2) is 66.7 Å². The SMILES string of the molecule is Fc1cccc(-c2cc(N3CCNCC3)nc3ccccc23)c1.O=C(O)C=CC(=O)O. The Morgan fingerprint density at radius 3 is 2.29 bits per heavy atom. The van der Waals surface area contributed by atoms with Crippen molar-refractivity contribution in [2.45, 2.75) is 0 Å². The van der Waals surface area contributed by atoms with Crippen molar-refractivity contribution in [3.05, 3.63) is 72.6 Å². The summed E-state index contributed by atoms with van der Waals surface area (Å²) in [5, 5.41) is 20.0. The van der Waals surface area contributed by atoms with Crippen LogP contribution in [0.4, 0.5) is 10.2 Å². The molecule has 1 saturated heterocycles. The minimum Gasteiger partial charge on any atom is -0.478 e. The molecule has 1 aliphatic rings. The number of halogens is 1. The van der Waals surface area contributed by atoms with E-state index >= 15 is 0 Å². The molecule has 3 aromatic rings. The molecule has 1 aromatic heterocycles. The summed E-state index contributed by atoms with van der Waals surface area (Å²) in [6.07, 6.45) is 1.12. The van der Waals surface area contributed by atoms with Crippen LogP contribution in [-0.4, -0.2) is 53.3 Å². The van der Waals surface area contributed by atoms with Gasteiger partial charge in [0.05, 0.1) is 5.52 Å². The molecule has 1 fully saturated rings. The first-order valence-corrected chi connectivity index (χ1v) is 9.69. The van der Waals surface area contributed by atoms with Crippen LogP contribution in [0.1, 0.15) is 0 Å². The Balaban J connectivity index is 0.000000293. The number of piperazine rings is 1. The Hall–Kier alpha value is -3.78. The van der Waals surface area contributed by atoms with E-state index in [9.17, 15) is 14.0 Å². The molecule has 0 aliphatic carbocycles. The van der Waals surface area contributed by atoms with E-state index in [4.69, 9.17) is 15.2 Å². The molecule has 2 heterocycles. The number of rotatable bonds is 4. The van der Waals surface area contributed by atoms with Crippen molar-refractivity contribution in [3.8, 4) is 11.1 Å². The molecule has 0 atom stereocenters. The number of fused-ring (bicyclic) bond motifs is 1. The number of pyridine rings is 1. The summed E-state index contributed by atoms with van der Waals surface area (Å²) in [5.74, 6) is -1.77. The molecule has 4 rings (SSSR count). The lowest BCUT2D eigenvalue weighted by atomic mass is 10.0.